The van der Waals surface area contributed by atoms with Crippen LogP contribution in [0.1, 0.15) is 48.1 Å². The average molecular weight is 333 g/mol. The van der Waals surface area contributed by atoms with Crippen molar-refractivity contribution in [2.45, 2.75) is 37.0 Å². The first-order valence-electron chi connectivity index (χ1n) is 7.88. The molecule has 1 aliphatic heterocycles. The number of carbonyl (C=O) groups excluding carboxylic acids is 1. The van der Waals surface area contributed by atoms with Crippen molar-refractivity contribution < 1.29 is 4.79 Å². The van der Waals surface area contributed by atoms with E-state index in [0.717, 1.165) is 31.2 Å². The topological polar surface area (TPSA) is 84.7 Å². The Morgan fingerprint density at radius 1 is 1.30 bits per heavy atom. The normalized spacial score (nSPS) is 22.0. The third kappa shape index (κ3) is 2.50. The average Bonchev–Trinajstić information content (AvgIpc) is 3.21. The van der Waals surface area contributed by atoms with Gasteiger partial charge in [0.2, 0.25) is 5.91 Å². The molecule has 0 aromatic carbocycles. The lowest BCUT2D eigenvalue weighted by Crippen LogP contribution is -2.18. The molecule has 0 radical (unpaired) electrons. The van der Waals surface area contributed by atoms with Gasteiger partial charge in [-0.25, -0.2) is 0 Å². The SMILES string of the molecule is Cn1cc(C2SCC(=O)Nc3c2c(=O)[nH]n3C2CCCC2)cn1. The number of rotatable bonds is 2. The lowest BCUT2D eigenvalue weighted by Gasteiger charge is -2.16. The monoisotopic (exact) mass is 333 g/mol. The quantitative estimate of drug-likeness (QED) is 0.878. The van der Waals surface area contributed by atoms with Gasteiger partial charge in [0.1, 0.15) is 5.82 Å². The smallest absolute Gasteiger partial charge is 0.270 e. The molecule has 122 valence electrons. The van der Waals surface area contributed by atoms with Gasteiger partial charge in [0.25, 0.3) is 5.56 Å². The van der Waals surface area contributed by atoms with Crippen molar-refractivity contribution in [1.29, 1.82) is 0 Å². The summed E-state index contributed by atoms with van der Waals surface area (Å²) in [5.41, 5.74) is 1.47. The molecule has 3 heterocycles. The van der Waals surface area contributed by atoms with Gasteiger partial charge in [-0.1, -0.05) is 12.8 Å². The number of aromatic amines is 1. The van der Waals surface area contributed by atoms with Gasteiger partial charge in [0.05, 0.1) is 28.8 Å². The van der Waals surface area contributed by atoms with E-state index in [9.17, 15) is 9.59 Å². The van der Waals surface area contributed by atoms with Crippen LogP contribution in [-0.2, 0) is 11.8 Å². The molecule has 1 aliphatic carbocycles. The minimum absolute atomic E-state index is 0.0617. The Morgan fingerprint density at radius 3 is 2.78 bits per heavy atom. The highest BCUT2D eigenvalue weighted by molar-refractivity contribution is 8.00. The summed E-state index contributed by atoms with van der Waals surface area (Å²) in [6.45, 7) is 0. The fourth-order valence-electron chi connectivity index (χ4n) is 3.52. The first-order chi connectivity index (χ1) is 11.1. The molecule has 2 aromatic rings. The van der Waals surface area contributed by atoms with Crippen molar-refractivity contribution in [3.05, 3.63) is 33.9 Å². The van der Waals surface area contributed by atoms with Crippen LogP contribution in [0.25, 0.3) is 0 Å². The minimum Gasteiger partial charge on any atom is -0.310 e. The Bertz CT molecular complexity index is 799. The van der Waals surface area contributed by atoms with Gasteiger partial charge in [-0.2, -0.15) is 5.10 Å². The Balaban J connectivity index is 1.84. The van der Waals surface area contributed by atoms with E-state index in [0.29, 0.717) is 17.1 Å². The van der Waals surface area contributed by atoms with E-state index in [4.69, 9.17) is 0 Å². The number of carbonyl (C=O) groups is 1. The van der Waals surface area contributed by atoms with Gasteiger partial charge in [0, 0.05) is 18.8 Å². The van der Waals surface area contributed by atoms with Crippen LogP contribution in [0.5, 0.6) is 0 Å². The molecule has 1 fully saturated rings. The molecule has 7 nitrogen and oxygen atoms in total. The molecule has 2 N–H and O–H groups in total. The fraction of sp³-hybridized carbons (Fsp3) is 0.533. The molecule has 2 aromatic heterocycles. The van der Waals surface area contributed by atoms with Gasteiger partial charge in [0.15, 0.2) is 0 Å². The van der Waals surface area contributed by atoms with Crippen LogP contribution in [0.2, 0.25) is 0 Å². The number of aryl methyl sites for hydroxylation is 1. The number of H-pyrrole nitrogens is 1. The largest absolute Gasteiger partial charge is 0.310 e. The van der Waals surface area contributed by atoms with E-state index in [-0.39, 0.29) is 22.8 Å². The summed E-state index contributed by atoms with van der Waals surface area (Å²) in [6.07, 6.45) is 8.07. The van der Waals surface area contributed by atoms with Crippen LogP contribution < -0.4 is 10.9 Å². The van der Waals surface area contributed by atoms with E-state index in [1.54, 1.807) is 10.9 Å². The van der Waals surface area contributed by atoms with E-state index in [1.165, 1.54) is 11.8 Å². The summed E-state index contributed by atoms with van der Waals surface area (Å²) >= 11 is 1.47. The highest BCUT2D eigenvalue weighted by atomic mass is 32.2. The summed E-state index contributed by atoms with van der Waals surface area (Å²) < 4.78 is 3.61. The molecule has 0 saturated heterocycles. The van der Waals surface area contributed by atoms with Crippen LogP contribution in [0.4, 0.5) is 5.82 Å². The predicted octanol–water partition coefficient (Wildman–Crippen LogP) is 1.80. The summed E-state index contributed by atoms with van der Waals surface area (Å²) in [5.74, 6) is 0.914. The Morgan fingerprint density at radius 2 is 2.09 bits per heavy atom. The summed E-state index contributed by atoms with van der Waals surface area (Å²) in [5, 5.41) is 9.93. The molecule has 0 bridgehead atoms. The standard InChI is InChI=1S/C15H19N5O2S/c1-19-7-9(6-16-19)13-12-14(17-11(21)8-23-13)20(18-15(12)22)10-4-2-3-5-10/h6-7,10,13H,2-5,8H2,1H3,(H,17,21)(H,18,22). The number of aromatic nitrogens is 4. The zero-order valence-electron chi connectivity index (χ0n) is 12.9. The first kappa shape index (κ1) is 14.6. The number of amides is 1. The highest BCUT2D eigenvalue weighted by Crippen LogP contribution is 2.41. The zero-order valence-corrected chi connectivity index (χ0v) is 13.7. The van der Waals surface area contributed by atoms with Gasteiger partial charge in [-0.3, -0.25) is 24.1 Å². The van der Waals surface area contributed by atoms with Crippen molar-refractivity contribution in [2.75, 3.05) is 11.1 Å². The van der Waals surface area contributed by atoms with Crippen LogP contribution in [0.15, 0.2) is 17.2 Å². The molecule has 4 rings (SSSR count). The summed E-state index contributed by atoms with van der Waals surface area (Å²) in [6, 6.07) is 0.268. The second-order valence-corrected chi connectivity index (χ2v) is 7.29. The molecule has 1 unspecified atom stereocenters. The summed E-state index contributed by atoms with van der Waals surface area (Å²) in [4.78, 5) is 24.7. The molecule has 1 amide bonds. The van der Waals surface area contributed by atoms with Gasteiger partial charge < -0.3 is 5.32 Å². The zero-order chi connectivity index (χ0) is 16.0. The number of hydrogen-bond donors (Lipinski definition) is 2. The van der Waals surface area contributed by atoms with E-state index in [2.05, 4.69) is 15.5 Å². The van der Waals surface area contributed by atoms with Crippen LogP contribution in [-0.4, -0.2) is 31.2 Å². The van der Waals surface area contributed by atoms with Crippen molar-refractivity contribution >= 4 is 23.5 Å². The minimum atomic E-state index is -0.177. The molecule has 2 aliphatic rings. The summed E-state index contributed by atoms with van der Waals surface area (Å²) in [7, 11) is 1.85. The van der Waals surface area contributed by atoms with Crippen LogP contribution in [0.3, 0.4) is 0 Å². The molecule has 1 atom stereocenters. The van der Waals surface area contributed by atoms with Crippen molar-refractivity contribution in [3.8, 4) is 0 Å². The third-order valence-corrected chi connectivity index (χ3v) is 5.85. The Kier molecular flexibility index (Phi) is 3.56. The van der Waals surface area contributed by atoms with Crippen molar-refractivity contribution in [3.63, 3.8) is 0 Å². The molecule has 1 saturated carbocycles. The third-order valence-electron chi connectivity index (χ3n) is 4.58. The van der Waals surface area contributed by atoms with Gasteiger partial charge in [-0.05, 0) is 12.8 Å². The lowest BCUT2D eigenvalue weighted by molar-refractivity contribution is -0.113. The van der Waals surface area contributed by atoms with Crippen molar-refractivity contribution in [1.82, 2.24) is 19.6 Å². The molecular formula is C15H19N5O2S. The predicted molar refractivity (Wildman–Crippen MR) is 88.7 cm³/mol. The number of thioether (sulfide) groups is 1. The number of fused-ring (bicyclic) bond motifs is 1. The van der Waals surface area contributed by atoms with Crippen LogP contribution in [0, 0.1) is 0 Å². The lowest BCUT2D eigenvalue weighted by atomic mass is 10.1. The maximum absolute atomic E-state index is 12.6. The maximum Gasteiger partial charge on any atom is 0.270 e. The maximum atomic E-state index is 12.6. The number of anilines is 1. The molecule has 23 heavy (non-hydrogen) atoms. The number of hydrogen-bond acceptors (Lipinski definition) is 4. The first-order valence-corrected chi connectivity index (χ1v) is 8.93. The van der Waals surface area contributed by atoms with E-state index < -0.39 is 0 Å². The van der Waals surface area contributed by atoms with E-state index >= 15 is 0 Å². The number of nitrogens with zero attached hydrogens (tertiary/aromatic N) is 3. The number of nitrogens with one attached hydrogen (secondary N) is 2. The van der Waals surface area contributed by atoms with Crippen LogP contribution >= 0.6 is 11.8 Å². The molecular weight excluding hydrogens is 314 g/mol. The van der Waals surface area contributed by atoms with Gasteiger partial charge >= 0.3 is 0 Å². The molecule has 0 spiro atoms. The second-order valence-electron chi connectivity index (χ2n) is 6.20. The Hall–Kier alpha value is -1.96. The Labute approximate surface area is 137 Å². The van der Waals surface area contributed by atoms with Crippen molar-refractivity contribution in [2.24, 2.45) is 7.05 Å². The fourth-order valence-corrected chi connectivity index (χ4v) is 4.61. The second kappa shape index (κ2) is 5.59. The van der Waals surface area contributed by atoms with Gasteiger partial charge in [-0.15, -0.1) is 11.8 Å². The van der Waals surface area contributed by atoms with E-state index in [1.807, 2.05) is 17.9 Å². The molecule has 8 heteroatoms. The highest BCUT2D eigenvalue weighted by Gasteiger charge is 2.33.